The van der Waals surface area contributed by atoms with Crippen molar-refractivity contribution in [2.75, 3.05) is 26.2 Å². The molecule has 2 N–H and O–H groups in total. The van der Waals surface area contributed by atoms with Crippen molar-refractivity contribution in [1.82, 2.24) is 4.90 Å². The van der Waals surface area contributed by atoms with E-state index >= 15 is 0 Å². The minimum Gasteiger partial charge on any atom is -0.492 e. The van der Waals surface area contributed by atoms with Crippen LogP contribution in [0.2, 0.25) is 0 Å². The molecule has 4 heteroatoms. The normalized spacial score (nSPS) is 12.8. The van der Waals surface area contributed by atoms with E-state index in [2.05, 4.69) is 18.7 Å². The lowest BCUT2D eigenvalue weighted by atomic mass is 10.1. The van der Waals surface area contributed by atoms with Gasteiger partial charge in [0.25, 0.3) is 0 Å². The van der Waals surface area contributed by atoms with Crippen LogP contribution in [0.5, 0.6) is 5.75 Å². The Kier molecular flexibility index (Phi) is 6.25. The summed E-state index contributed by atoms with van der Waals surface area (Å²) in [6, 6.07) is 2.97. The Labute approximate surface area is 115 Å². The van der Waals surface area contributed by atoms with Gasteiger partial charge < -0.3 is 15.4 Å². The van der Waals surface area contributed by atoms with Gasteiger partial charge in [-0.25, -0.2) is 4.39 Å². The van der Waals surface area contributed by atoms with Crippen LogP contribution in [0.1, 0.15) is 37.9 Å². The zero-order valence-electron chi connectivity index (χ0n) is 12.4. The van der Waals surface area contributed by atoms with E-state index < -0.39 is 0 Å². The molecule has 0 spiro atoms. The molecule has 0 saturated carbocycles. The van der Waals surface area contributed by atoms with Gasteiger partial charge in [0.1, 0.15) is 18.2 Å². The summed E-state index contributed by atoms with van der Waals surface area (Å²) in [7, 11) is 0. The van der Waals surface area contributed by atoms with Crippen molar-refractivity contribution in [3.8, 4) is 5.75 Å². The Hall–Kier alpha value is -1.13. The van der Waals surface area contributed by atoms with E-state index in [1.807, 2.05) is 6.92 Å². The molecule has 0 aliphatic heterocycles. The van der Waals surface area contributed by atoms with Gasteiger partial charge in [-0.2, -0.15) is 0 Å². The first-order valence-electron chi connectivity index (χ1n) is 6.90. The summed E-state index contributed by atoms with van der Waals surface area (Å²) in [6.07, 6.45) is 0. The van der Waals surface area contributed by atoms with Crippen molar-refractivity contribution in [3.63, 3.8) is 0 Å². The van der Waals surface area contributed by atoms with Crippen LogP contribution in [0.25, 0.3) is 0 Å². The van der Waals surface area contributed by atoms with Gasteiger partial charge in [-0.1, -0.05) is 13.8 Å². The molecular weight excluding hydrogens is 243 g/mol. The van der Waals surface area contributed by atoms with Crippen molar-refractivity contribution >= 4 is 0 Å². The average Bonchev–Trinajstić information content (AvgIpc) is 2.38. The minimum absolute atomic E-state index is 0.233. The van der Waals surface area contributed by atoms with Crippen molar-refractivity contribution in [2.45, 2.75) is 33.7 Å². The van der Waals surface area contributed by atoms with E-state index in [0.717, 1.165) is 25.2 Å². The number of ether oxygens (including phenoxy) is 1. The van der Waals surface area contributed by atoms with Gasteiger partial charge in [-0.15, -0.1) is 0 Å². The first kappa shape index (κ1) is 15.9. The van der Waals surface area contributed by atoms with Crippen LogP contribution in [0.15, 0.2) is 12.1 Å². The first-order chi connectivity index (χ1) is 8.99. The first-order valence-corrected chi connectivity index (χ1v) is 6.90. The second-order valence-electron chi connectivity index (χ2n) is 4.80. The van der Waals surface area contributed by atoms with Gasteiger partial charge in [-0.3, -0.25) is 0 Å². The fourth-order valence-corrected chi connectivity index (χ4v) is 1.98. The van der Waals surface area contributed by atoms with Crippen molar-refractivity contribution in [1.29, 1.82) is 0 Å². The average molecular weight is 268 g/mol. The van der Waals surface area contributed by atoms with E-state index in [4.69, 9.17) is 10.5 Å². The molecule has 0 aromatic heterocycles. The second kappa shape index (κ2) is 7.46. The zero-order chi connectivity index (χ0) is 14.4. The van der Waals surface area contributed by atoms with Crippen LogP contribution in [-0.4, -0.2) is 31.1 Å². The molecule has 0 fully saturated rings. The highest BCUT2D eigenvalue weighted by molar-refractivity contribution is 5.39. The molecular formula is C15H25FN2O. The molecule has 0 saturated heterocycles. The minimum atomic E-state index is -0.237. The Morgan fingerprint density at radius 2 is 1.95 bits per heavy atom. The van der Waals surface area contributed by atoms with Crippen LogP contribution in [-0.2, 0) is 0 Å². The van der Waals surface area contributed by atoms with Gasteiger partial charge >= 0.3 is 0 Å². The zero-order valence-corrected chi connectivity index (χ0v) is 12.4. The topological polar surface area (TPSA) is 38.5 Å². The fraction of sp³-hybridized carbons (Fsp3) is 0.600. The van der Waals surface area contributed by atoms with Gasteiger partial charge in [0.15, 0.2) is 0 Å². The smallest absolute Gasteiger partial charge is 0.126 e. The molecule has 0 aliphatic rings. The van der Waals surface area contributed by atoms with E-state index in [0.29, 0.717) is 17.9 Å². The van der Waals surface area contributed by atoms with Crippen LogP contribution in [0.3, 0.4) is 0 Å². The molecule has 0 bridgehead atoms. The number of rotatable bonds is 7. The van der Waals surface area contributed by atoms with Gasteiger partial charge in [0.2, 0.25) is 0 Å². The monoisotopic (exact) mass is 268 g/mol. The highest BCUT2D eigenvalue weighted by Crippen LogP contribution is 2.27. The maximum Gasteiger partial charge on any atom is 0.126 e. The fourth-order valence-electron chi connectivity index (χ4n) is 1.98. The quantitative estimate of drug-likeness (QED) is 0.826. The summed E-state index contributed by atoms with van der Waals surface area (Å²) in [5.74, 6) is 0.462. The predicted molar refractivity (Wildman–Crippen MR) is 77.0 cm³/mol. The molecule has 108 valence electrons. The summed E-state index contributed by atoms with van der Waals surface area (Å²) in [6.45, 7) is 11.3. The summed E-state index contributed by atoms with van der Waals surface area (Å²) in [5.41, 5.74) is 7.17. The highest BCUT2D eigenvalue weighted by atomic mass is 19.1. The van der Waals surface area contributed by atoms with E-state index in [9.17, 15) is 4.39 Å². The Bertz CT molecular complexity index is 403. The summed E-state index contributed by atoms with van der Waals surface area (Å²) in [4.78, 5) is 2.28. The Balaban J connectivity index is 2.74. The number of hydrogen-bond acceptors (Lipinski definition) is 3. The molecule has 0 aliphatic carbocycles. The van der Waals surface area contributed by atoms with Crippen molar-refractivity contribution in [2.24, 2.45) is 5.73 Å². The second-order valence-corrected chi connectivity index (χ2v) is 4.80. The van der Waals surface area contributed by atoms with Crippen molar-refractivity contribution in [3.05, 3.63) is 29.1 Å². The lowest BCUT2D eigenvalue weighted by molar-refractivity contribution is 0.221. The lowest BCUT2D eigenvalue weighted by Gasteiger charge is -2.20. The molecule has 0 amide bonds. The molecule has 0 radical (unpaired) electrons. The molecule has 3 nitrogen and oxygen atoms in total. The third-order valence-electron chi connectivity index (χ3n) is 3.34. The van der Waals surface area contributed by atoms with Gasteiger partial charge in [0, 0.05) is 18.2 Å². The van der Waals surface area contributed by atoms with E-state index in [-0.39, 0.29) is 11.9 Å². The summed E-state index contributed by atoms with van der Waals surface area (Å²) >= 11 is 0. The number of nitrogens with two attached hydrogens (primary N) is 1. The Morgan fingerprint density at radius 3 is 2.47 bits per heavy atom. The number of nitrogens with zero attached hydrogens (tertiary/aromatic N) is 1. The van der Waals surface area contributed by atoms with E-state index in [1.54, 1.807) is 13.0 Å². The number of aryl methyl sites for hydroxylation is 1. The Morgan fingerprint density at radius 1 is 1.32 bits per heavy atom. The lowest BCUT2D eigenvalue weighted by Crippen LogP contribution is -2.28. The van der Waals surface area contributed by atoms with Crippen LogP contribution in [0, 0.1) is 12.7 Å². The number of benzene rings is 1. The predicted octanol–water partition coefficient (Wildman–Crippen LogP) is 2.87. The summed E-state index contributed by atoms with van der Waals surface area (Å²) in [5, 5.41) is 0. The van der Waals surface area contributed by atoms with E-state index in [1.165, 1.54) is 6.07 Å². The molecule has 1 atom stereocenters. The molecule has 1 aromatic rings. The van der Waals surface area contributed by atoms with Crippen LogP contribution < -0.4 is 10.5 Å². The summed E-state index contributed by atoms with van der Waals surface area (Å²) < 4.78 is 19.3. The standard InChI is InChI=1S/C15H25FN2O/c1-5-18(6-2)7-8-19-15-9-11(3)14(16)10-13(15)12(4)17/h9-10,12H,5-8,17H2,1-4H3. The third-order valence-corrected chi connectivity index (χ3v) is 3.34. The number of likely N-dealkylation sites (N-methyl/N-ethyl adjacent to an activating group) is 1. The highest BCUT2D eigenvalue weighted by Gasteiger charge is 2.12. The van der Waals surface area contributed by atoms with Crippen LogP contribution >= 0.6 is 0 Å². The van der Waals surface area contributed by atoms with Gasteiger partial charge in [0.05, 0.1) is 0 Å². The van der Waals surface area contributed by atoms with Crippen molar-refractivity contribution < 1.29 is 9.13 Å². The SMILES string of the molecule is CCN(CC)CCOc1cc(C)c(F)cc1C(C)N. The molecule has 0 heterocycles. The van der Waals surface area contributed by atoms with Gasteiger partial charge in [-0.05, 0) is 44.6 Å². The molecule has 1 unspecified atom stereocenters. The molecule has 19 heavy (non-hydrogen) atoms. The maximum absolute atomic E-state index is 13.6. The van der Waals surface area contributed by atoms with Crippen LogP contribution in [0.4, 0.5) is 4.39 Å². The molecule has 1 rings (SSSR count). The molecule has 1 aromatic carbocycles. The number of halogens is 1. The maximum atomic E-state index is 13.6. The number of hydrogen-bond donors (Lipinski definition) is 1. The third kappa shape index (κ3) is 4.48. The largest absolute Gasteiger partial charge is 0.492 e.